The van der Waals surface area contributed by atoms with Gasteiger partial charge in [-0.05, 0) is 24.6 Å². The molecule has 1 atom stereocenters. The molecule has 0 amide bonds. The SMILES string of the molecule is CC(O)c1cc(=C(C#N)C#N)c(OCCOS(=O)(=O)O)cc1=C(C#N)C#N. The van der Waals surface area contributed by atoms with Crippen LogP contribution in [0.2, 0.25) is 0 Å². The molecule has 0 aliphatic heterocycles. The molecule has 0 aliphatic rings. The van der Waals surface area contributed by atoms with Crippen LogP contribution in [0.5, 0.6) is 5.75 Å². The zero-order chi connectivity index (χ0) is 20.6. The lowest BCUT2D eigenvalue weighted by Crippen LogP contribution is -2.24. The van der Waals surface area contributed by atoms with Crippen LogP contribution in [0.25, 0.3) is 11.1 Å². The highest BCUT2D eigenvalue weighted by atomic mass is 32.3. The zero-order valence-electron chi connectivity index (χ0n) is 13.9. The number of benzene rings is 1. The predicted octanol–water partition coefficient (Wildman–Crippen LogP) is -0.666. The van der Waals surface area contributed by atoms with Crippen LogP contribution < -0.4 is 15.2 Å². The van der Waals surface area contributed by atoms with E-state index >= 15 is 0 Å². The fourth-order valence-electron chi connectivity index (χ4n) is 2.06. The minimum Gasteiger partial charge on any atom is -0.490 e. The summed E-state index contributed by atoms with van der Waals surface area (Å²) in [6.45, 7) is 0.389. The Balaban J connectivity index is 3.69. The maximum absolute atomic E-state index is 10.5. The first-order chi connectivity index (χ1) is 12.7. The lowest BCUT2D eigenvalue weighted by atomic mass is 10.0. The van der Waals surface area contributed by atoms with Crippen molar-refractivity contribution < 1.29 is 27.0 Å². The van der Waals surface area contributed by atoms with Crippen molar-refractivity contribution in [2.45, 2.75) is 13.0 Å². The Hall–Kier alpha value is -3.45. The van der Waals surface area contributed by atoms with E-state index in [4.69, 9.17) is 30.3 Å². The third-order valence-corrected chi connectivity index (χ3v) is 3.63. The second-order valence-corrected chi connectivity index (χ2v) is 6.00. The first-order valence-corrected chi connectivity index (χ1v) is 8.50. The van der Waals surface area contributed by atoms with E-state index in [1.54, 1.807) is 24.3 Å². The molecule has 1 aromatic rings. The van der Waals surface area contributed by atoms with E-state index in [2.05, 4.69) is 4.18 Å². The largest absolute Gasteiger partial charge is 0.490 e. The first kappa shape index (κ1) is 21.6. The molecule has 27 heavy (non-hydrogen) atoms. The van der Waals surface area contributed by atoms with Gasteiger partial charge in [-0.1, -0.05) is 0 Å². The monoisotopic (exact) mass is 388 g/mol. The second kappa shape index (κ2) is 9.30. The van der Waals surface area contributed by atoms with Crippen molar-refractivity contribution in [1.29, 1.82) is 21.0 Å². The van der Waals surface area contributed by atoms with Gasteiger partial charge in [0.05, 0.1) is 6.10 Å². The minimum atomic E-state index is -4.67. The highest BCUT2D eigenvalue weighted by Gasteiger charge is 2.14. The molecular weight excluding hydrogens is 376 g/mol. The number of rotatable bonds is 6. The van der Waals surface area contributed by atoms with Gasteiger partial charge >= 0.3 is 10.4 Å². The molecule has 0 aromatic heterocycles. The molecule has 0 saturated carbocycles. The average molecular weight is 388 g/mol. The molecular formula is C16H12N4O6S. The van der Waals surface area contributed by atoms with Crippen LogP contribution in [0.15, 0.2) is 12.1 Å². The number of hydrogen-bond donors (Lipinski definition) is 2. The van der Waals surface area contributed by atoms with Crippen LogP contribution in [0.3, 0.4) is 0 Å². The second-order valence-electron chi connectivity index (χ2n) is 4.91. The quantitative estimate of drug-likeness (QED) is 0.467. The van der Waals surface area contributed by atoms with Crippen molar-refractivity contribution in [3.05, 3.63) is 28.1 Å². The van der Waals surface area contributed by atoms with E-state index < -0.39 is 29.7 Å². The Labute approximate surface area is 154 Å². The van der Waals surface area contributed by atoms with Crippen LogP contribution >= 0.6 is 0 Å². The van der Waals surface area contributed by atoms with Crippen molar-refractivity contribution in [1.82, 2.24) is 0 Å². The Bertz CT molecular complexity index is 1100. The van der Waals surface area contributed by atoms with E-state index in [0.29, 0.717) is 0 Å². The molecule has 10 nitrogen and oxygen atoms in total. The van der Waals surface area contributed by atoms with Crippen molar-refractivity contribution in [2.24, 2.45) is 0 Å². The third kappa shape index (κ3) is 5.79. The molecule has 0 heterocycles. The van der Waals surface area contributed by atoms with E-state index in [9.17, 15) is 13.5 Å². The molecule has 0 fully saturated rings. The molecule has 138 valence electrons. The average Bonchev–Trinajstić information content (AvgIpc) is 2.60. The van der Waals surface area contributed by atoms with Gasteiger partial charge in [0.15, 0.2) is 0 Å². The van der Waals surface area contributed by atoms with Gasteiger partial charge in [-0.2, -0.15) is 29.5 Å². The maximum atomic E-state index is 10.5. The van der Waals surface area contributed by atoms with Crippen LogP contribution in [-0.4, -0.2) is 31.3 Å². The van der Waals surface area contributed by atoms with Crippen molar-refractivity contribution in [2.75, 3.05) is 13.2 Å². The van der Waals surface area contributed by atoms with Gasteiger partial charge in [-0.15, -0.1) is 0 Å². The molecule has 0 spiro atoms. The van der Waals surface area contributed by atoms with Gasteiger partial charge in [-0.3, -0.25) is 4.55 Å². The van der Waals surface area contributed by atoms with E-state index in [-0.39, 0.29) is 32.9 Å². The summed E-state index contributed by atoms with van der Waals surface area (Å²) in [5.74, 6) is -0.116. The number of nitrogens with zero attached hydrogens (tertiary/aromatic N) is 4. The maximum Gasteiger partial charge on any atom is 0.397 e. The molecule has 0 bridgehead atoms. The van der Waals surface area contributed by atoms with E-state index in [0.717, 1.165) is 0 Å². The number of ether oxygens (including phenoxy) is 1. The zero-order valence-corrected chi connectivity index (χ0v) is 14.7. The van der Waals surface area contributed by atoms with Crippen molar-refractivity contribution in [3.63, 3.8) is 0 Å². The first-order valence-electron chi connectivity index (χ1n) is 7.14. The van der Waals surface area contributed by atoms with Crippen LogP contribution in [0.1, 0.15) is 18.6 Å². The number of nitriles is 4. The third-order valence-electron chi connectivity index (χ3n) is 3.16. The van der Waals surface area contributed by atoms with Crippen LogP contribution in [0, 0.1) is 45.3 Å². The summed E-state index contributed by atoms with van der Waals surface area (Å²) in [6, 6.07) is 9.06. The summed E-state index contributed by atoms with van der Waals surface area (Å²) in [7, 11) is -4.67. The lowest BCUT2D eigenvalue weighted by molar-refractivity contribution is 0.195. The molecule has 11 heteroatoms. The topological polar surface area (TPSA) is 188 Å². The van der Waals surface area contributed by atoms with E-state index in [1.165, 1.54) is 19.1 Å². The van der Waals surface area contributed by atoms with Crippen LogP contribution in [0.4, 0.5) is 0 Å². The summed E-state index contributed by atoms with van der Waals surface area (Å²) < 4.78 is 39.0. The molecule has 1 aromatic carbocycles. The number of aliphatic hydroxyl groups is 1. The van der Waals surface area contributed by atoms with Gasteiger partial charge in [0.1, 0.15) is 54.4 Å². The Morgan fingerprint density at radius 1 is 1.04 bits per heavy atom. The molecule has 1 unspecified atom stereocenters. The molecule has 0 radical (unpaired) electrons. The predicted molar refractivity (Wildman–Crippen MR) is 88.6 cm³/mol. The van der Waals surface area contributed by atoms with Crippen LogP contribution in [-0.2, 0) is 14.6 Å². The Morgan fingerprint density at radius 2 is 1.56 bits per heavy atom. The number of aliphatic hydroxyl groups excluding tert-OH is 1. The van der Waals surface area contributed by atoms with Gasteiger partial charge in [-0.25, -0.2) is 4.18 Å². The molecule has 0 aliphatic carbocycles. The van der Waals surface area contributed by atoms with Crippen molar-refractivity contribution >= 4 is 21.5 Å². The fourth-order valence-corrected chi connectivity index (χ4v) is 2.33. The minimum absolute atomic E-state index is 0.0262. The molecule has 0 saturated heterocycles. The summed E-state index contributed by atoms with van der Waals surface area (Å²) in [5, 5.41) is 46.3. The summed E-state index contributed by atoms with van der Waals surface area (Å²) in [4.78, 5) is 0. The Kier molecular flexibility index (Phi) is 7.44. The van der Waals surface area contributed by atoms with E-state index in [1.807, 2.05) is 0 Å². The normalized spacial score (nSPS) is 11.2. The smallest absolute Gasteiger partial charge is 0.397 e. The lowest BCUT2D eigenvalue weighted by Gasteiger charge is -2.12. The summed E-state index contributed by atoms with van der Waals surface area (Å²) in [5.41, 5.74) is -0.593. The molecule has 1 rings (SSSR count). The van der Waals surface area contributed by atoms with Gasteiger partial charge in [0.25, 0.3) is 0 Å². The van der Waals surface area contributed by atoms with Gasteiger partial charge in [0, 0.05) is 10.4 Å². The summed E-state index contributed by atoms with van der Waals surface area (Å²) >= 11 is 0. The van der Waals surface area contributed by atoms with Crippen molar-refractivity contribution in [3.8, 4) is 30.0 Å². The van der Waals surface area contributed by atoms with Gasteiger partial charge < -0.3 is 9.84 Å². The summed E-state index contributed by atoms with van der Waals surface area (Å²) in [6.07, 6.45) is -1.13. The number of hydrogen-bond acceptors (Lipinski definition) is 9. The fraction of sp³-hybridized carbons (Fsp3) is 0.250. The van der Waals surface area contributed by atoms with Gasteiger partial charge in [0.2, 0.25) is 0 Å². The Morgan fingerprint density at radius 3 is 2.00 bits per heavy atom. The molecule has 2 N–H and O–H groups in total. The highest BCUT2D eigenvalue weighted by Crippen LogP contribution is 2.12. The highest BCUT2D eigenvalue weighted by molar-refractivity contribution is 7.80. The standard InChI is InChI=1S/C16H12N4O6S/c1-10(21)13-4-15(12(8-19)9-20)16(5-14(13)11(6-17)7-18)25-2-3-26-27(22,23)24/h4-5,10,21H,2-3H2,1H3,(H,22,23,24).